The van der Waals surface area contributed by atoms with Gasteiger partial charge in [-0.3, -0.25) is 14.6 Å². The number of nitrogens with one attached hydrogen (secondary N) is 1. The number of halogens is 1. The van der Waals surface area contributed by atoms with Crippen LogP contribution in [0.2, 0.25) is 5.02 Å². The second-order valence-electron chi connectivity index (χ2n) is 5.49. The number of aromatic amines is 1. The first-order valence-corrected chi connectivity index (χ1v) is 7.43. The van der Waals surface area contributed by atoms with Crippen LogP contribution in [0.4, 0.5) is 0 Å². The van der Waals surface area contributed by atoms with Crippen molar-refractivity contribution in [2.75, 3.05) is 7.05 Å². The quantitative estimate of drug-likeness (QED) is 0.939. The van der Waals surface area contributed by atoms with Gasteiger partial charge in [-0.05, 0) is 31.7 Å². The first-order chi connectivity index (χ1) is 10.1. The van der Waals surface area contributed by atoms with E-state index in [0.29, 0.717) is 11.6 Å². The molecule has 112 valence electrons. The van der Waals surface area contributed by atoms with Crippen LogP contribution in [-0.2, 0) is 24.2 Å². The number of nitrogens with zero attached hydrogens (tertiary/aromatic N) is 4. The van der Waals surface area contributed by atoms with Crippen LogP contribution in [0.15, 0.2) is 12.4 Å². The highest BCUT2D eigenvalue weighted by Crippen LogP contribution is 2.24. The molecule has 0 unspecified atom stereocenters. The Labute approximate surface area is 128 Å². The van der Waals surface area contributed by atoms with Gasteiger partial charge in [-0.1, -0.05) is 11.6 Å². The molecule has 1 amide bonds. The number of fused-ring (bicyclic) bond motifs is 1. The summed E-state index contributed by atoms with van der Waals surface area (Å²) in [4.78, 5) is 14.2. The van der Waals surface area contributed by atoms with E-state index >= 15 is 0 Å². The van der Waals surface area contributed by atoms with Crippen molar-refractivity contribution in [3.05, 3.63) is 34.4 Å². The number of H-pyrrole nitrogens is 1. The average molecular weight is 308 g/mol. The molecule has 0 saturated carbocycles. The monoisotopic (exact) mass is 307 g/mol. The maximum Gasteiger partial charge on any atom is 0.247 e. The minimum atomic E-state index is -0.380. The average Bonchev–Trinajstić information content (AvgIpc) is 3.15. The van der Waals surface area contributed by atoms with Crippen molar-refractivity contribution < 1.29 is 4.79 Å². The van der Waals surface area contributed by atoms with Gasteiger partial charge in [0, 0.05) is 18.9 Å². The number of hydrogen-bond acceptors (Lipinski definition) is 3. The van der Waals surface area contributed by atoms with E-state index in [9.17, 15) is 4.79 Å². The third-order valence-electron chi connectivity index (χ3n) is 3.98. The summed E-state index contributed by atoms with van der Waals surface area (Å²) in [5, 5.41) is 12.0. The zero-order valence-corrected chi connectivity index (χ0v) is 12.9. The topological polar surface area (TPSA) is 66.8 Å². The van der Waals surface area contributed by atoms with Crippen LogP contribution in [0.5, 0.6) is 0 Å². The summed E-state index contributed by atoms with van der Waals surface area (Å²) in [7, 11) is 1.79. The molecule has 0 fully saturated rings. The Hall–Kier alpha value is -1.82. The SMILES string of the molecule is C[C@H](C(=O)N(C)Cc1n[nH]c2c1CCC2)n1cc(Cl)cn1. The van der Waals surface area contributed by atoms with Crippen LogP contribution in [0, 0.1) is 0 Å². The summed E-state index contributed by atoms with van der Waals surface area (Å²) in [6, 6.07) is -0.380. The molecule has 0 radical (unpaired) electrons. The summed E-state index contributed by atoms with van der Waals surface area (Å²) in [6.07, 6.45) is 6.46. The lowest BCUT2D eigenvalue weighted by atomic mass is 10.2. The predicted octanol–water partition coefficient (Wildman–Crippen LogP) is 1.97. The van der Waals surface area contributed by atoms with E-state index in [1.165, 1.54) is 17.5 Å². The number of carbonyl (C=O) groups is 1. The predicted molar refractivity (Wildman–Crippen MR) is 79.0 cm³/mol. The molecule has 0 spiro atoms. The van der Waals surface area contributed by atoms with E-state index in [1.807, 2.05) is 6.92 Å². The van der Waals surface area contributed by atoms with Gasteiger partial charge < -0.3 is 4.90 Å². The van der Waals surface area contributed by atoms with E-state index in [4.69, 9.17) is 11.6 Å². The van der Waals surface area contributed by atoms with Gasteiger partial charge in [0.25, 0.3) is 0 Å². The molecule has 1 atom stereocenters. The largest absolute Gasteiger partial charge is 0.338 e. The first kappa shape index (κ1) is 14.1. The molecule has 21 heavy (non-hydrogen) atoms. The number of aryl methyl sites for hydroxylation is 1. The summed E-state index contributed by atoms with van der Waals surface area (Å²) in [5.74, 6) is -0.00971. The zero-order chi connectivity index (χ0) is 15.0. The lowest BCUT2D eigenvalue weighted by Gasteiger charge is -2.21. The molecule has 3 rings (SSSR count). The van der Waals surface area contributed by atoms with E-state index in [0.717, 1.165) is 25.0 Å². The first-order valence-electron chi connectivity index (χ1n) is 7.06. The second kappa shape index (κ2) is 5.52. The Bertz CT molecular complexity index is 662. The molecule has 2 aromatic heterocycles. The molecule has 2 heterocycles. The molecule has 0 saturated heterocycles. The Morgan fingerprint density at radius 1 is 1.57 bits per heavy atom. The van der Waals surface area contributed by atoms with Crippen LogP contribution in [0.25, 0.3) is 0 Å². The highest BCUT2D eigenvalue weighted by molar-refractivity contribution is 6.30. The lowest BCUT2D eigenvalue weighted by molar-refractivity contribution is -0.133. The third-order valence-corrected chi connectivity index (χ3v) is 4.17. The van der Waals surface area contributed by atoms with Gasteiger partial charge in [0.2, 0.25) is 5.91 Å². The molecular weight excluding hydrogens is 290 g/mol. The molecule has 1 aliphatic rings. The maximum absolute atomic E-state index is 12.5. The van der Waals surface area contributed by atoms with Gasteiger partial charge in [-0.2, -0.15) is 10.2 Å². The van der Waals surface area contributed by atoms with E-state index < -0.39 is 0 Å². The van der Waals surface area contributed by atoms with Gasteiger partial charge in [-0.15, -0.1) is 0 Å². The Morgan fingerprint density at radius 3 is 3.10 bits per heavy atom. The van der Waals surface area contributed by atoms with Crippen molar-refractivity contribution in [2.45, 2.75) is 38.8 Å². The standard InChI is InChI=1S/C14H18ClN5O/c1-9(20-7-10(15)6-16-20)14(21)19(2)8-13-11-4-3-5-12(11)17-18-13/h6-7,9H,3-5,8H2,1-2H3,(H,17,18)/t9-/m1/s1. The zero-order valence-electron chi connectivity index (χ0n) is 12.1. The summed E-state index contributed by atoms with van der Waals surface area (Å²) in [5.41, 5.74) is 3.48. The highest BCUT2D eigenvalue weighted by atomic mass is 35.5. The van der Waals surface area contributed by atoms with Gasteiger partial charge in [0.15, 0.2) is 0 Å². The molecule has 0 aliphatic heterocycles. The Balaban J connectivity index is 1.69. The smallest absolute Gasteiger partial charge is 0.247 e. The third kappa shape index (κ3) is 2.68. The number of carbonyl (C=O) groups excluding carboxylic acids is 1. The number of aromatic nitrogens is 4. The fourth-order valence-electron chi connectivity index (χ4n) is 2.78. The molecule has 2 aromatic rings. The van der Waals surface area contributed by atoms with E-state index in [2.05, 4.69) is 15.3 Å². The minimum absolute atomic E-state index is 0.00971. The van der Waals surface area contributed by atoms with Crippen molar-refractivity contribution in [3.63, 3.8) is 0 Å². The van der Waals surface area contributed by atoms with E-state index in [1.54, 1.807) is 22.8 Å². The normalized spacial score (nSPS) is 15.0. The highest BCUT2D eigenvalue weighted by Gasteiger charge is 2.24. The fourth-order valence-corrected chi connectivity index (χ4v) is 2.92. The maximum atomic E-state index is 12.5. The van der Waals surface area contributed by atoms with Gasteiger partial charge in [-0.25, -0.2) is 0 Å². The summed E-state index contributed by atoms with van der Waals surface area (Å²) in [6.45, 7) is 2.33. The summed E-state index contributed by atoms with van der Waals surface area (Å²) < 4.78 is 1.58. The Morgan fingerprint density at radius 2 is 2.38 bits per heavy atom. The Kier molecular flexibility index (Phi) is 3.71. The number of amides is 1. The van der Waals surface area contributed by atoms with Crippen molar-refractivity contribution in [3.8, 4) is 0 Å². The van der Waals surface area contributed by atoms with Crippen molar-refractivity contribution in [2.24, 2.45) is 0 Å². The van der Waals surface area contributed by atoms with Crippen LogP contribution >= 0.6 is 11.6 Å². The summed E-state index contributed by atoms with van der Waals surface area (Å²) >= 11 is 5.85. The van der Waals surface area contributed by atoms with Crippen molar-refractivity contribution in [1.29, 1.82) is 0 Å². The van der Waals surface area contributed by atoms with Crippen LogP contribution in [0.1, 0.15) is 36.3 Å². The molecule has 7 heteroatoms. The van der Waals surface area contributed by atoms with Crippen molar-refractivity contribution >= 4 is 17.5 Å². The van der Waals surface area contributed by atoms with Crippen LogP contribution < -0.4 is 0 Å². The van der Waals surface area contributed by atoms with Gasteiger partial charge in [0.1, 0.15) is 6.04 Å². The van der Waals surface area contributed by atoms with Gasteiger partial charge in [0.05, 0.1) is 23.5 Å². The van der Waals surface area contributed by atoms with Crippen LogP contribution in [0.3, 0.4) is 0 Å². The minimum Gasteiger partial charge on any atom is -0.338 e. The molecule has 1 aliphatic carbocycles. The molecule has 0 aromatic carbocycles. The molecule has 6 nitrogen and oxygen atoms in total. The lowest BCUT2D eigenvalue weighted by Crippen LogP contribution is -2.33. The molecular formula is C14H18ClN5O. The molecule has 1 N–H and O–H groups in total. The number of likely N-dealkylation sites (N-methyl/N-ethyl adjacent to an activating group) is 1. The second-order valence-corrected chi connectivity index (χ2v) is 5.93. The number of hydrogen-bond donors (Lipinski definition) is 1. The van der Waals surface area contributed by atoms with Gasteiger partial charge >= 0.3 is 0 Å². The van der Waals surface area contributed by atoms with Crippen molar-refractivity contribution in [1.82, 2.24) is 24.9 Å². The molecule has 0 bridgehead atoms. The fraction of sp³-hybridized carbons (Fsp3) is 0.500. The van der Waals surface area contributed by atoms with E-state index in [-0.39, 0.29) is 11.9 Å². The number of rotatable bonds is 4. The van der Waals surface area contributed by atoms with Crippen LogP contribution in [-0.4, -0.2) is 37.8 Å².